The van der Waals surface area contributed by atoms with Gasteiger partial charge >= 0.3 is 6.09 Å². The molecule has 1 rings (SSSR count). The van der Waals surface area contributed by atoms with Gasteiger partial charge in [-0.1, -0.05) is 0 Å². The van der Waals surface area contributed by atoms with E-state index in [1.54, 1.807) is 20.8 Å². The average Bonchev–Trinajstić information content (AvgIpc) is 2.35. The summed E-state index contributed by atoms with van der Waals surface area (Å²) in [7, 11) is 0. The predicted octanol–water partition coefficient (Wildman–Crippen LogP) is 2.71. The molecule has 0 aromatic carbocycles. The van der Waals surface area contributed by atoms with Crippen LogP contribution >= 0.6 is 0 Å². The van der Waals surface area contributed by atoms with Gasteiger partial charge in [0.25, 0.3) is 5.69 Å². The number of hydrogen-bond acceptors (Lipinski definition) is 6. The SMILES string of the molecule is CC(C)(CNC(=O)OC(C)(C)C)Nc1ccc([N+](=O)[O-])cn1. The predicted molar refractivity (Wildman–Crippen MR) is 82.8 cm³/mol. The molecule has 8 nitrogen and oxygen atoms in total. The lowest BCUT2D eigenvalue weighted by molar-refractivity contribution is -0.385. The standard InChI is InChI=1S/C14H22N4O4/c1-13(2,3)22-12(19)16-9-14(4,5)17-11-7-6-10(8-15-11)18(20)21/h6-8H,9H2,1-5H3,(H,15,17)(H,16,19). The smallest absolute Gasteiger partial charge is 0.407 e. The molecule has 0 aliphatic heterocycles. The fourth-order valence-electron chi connectivity index (χ4n) is 1.57. The Morgan fingerprint density at radius 1 is 1.32 bits per heavy atom. The van der Waals surface area contributed by atoms with Crippen molar-refractivity contribution in [2.75, 3.05) is 11.9 Å². The van der Waals surface area contributed by atoms with Crippen molar-refractivity contribution >= 4 is 17.6 Å². The number of hydrogen-bond donors (Lipinski definition) is 2. The number of pyridine rings is 1. The summed E-state index contributed by atoms with van der Waals surface area (Å²) in [6.07, 6.45) is 0.679. The molecule has 0 bridgehead atoms. The van der Waals surface area contributed by atoms with Crippen molar-refractivity contribution in [3.05, 3.63) is 28.4 Å². The summed E-state index contributed by atoms with van der Waals surface area (Å²) in [5, 5.41) is 16.3. The number of nitrogens with zero attached hydrogens (tertiary/aromatic N) is 2. The molecule has 0 saturated heterocycles. The van der Waals surface area contributed by atoms with E-state index in [0.717, 1.165) is 0 Å². The van der Waals surface area contributed by atoms with Crippen LogP contribution in [0.3, 0.4) is 0 Å². The Kier molecular flexibility index (Phi) is 5.29. The lowest BCUT2D eigenvalue weighted by Gasteiger charge is -2.28. The van der Waals surface area contributed by atoms with Crippen molar-refractivity contribution in [2.24, 2.45) is 0 Å². The van der Waals surface area contributed by atoms with E-state index in [2.05, 4.69) is 15.6 Å². The first kappa shape index (κ1) is 17.7. The van der Waals surface area contributed by atoms with Gasteiger partial charge in [0.15, 0.2) is 0 Å². The molecule has 0 fully saturated rings. The van der Waals surface area contributed by atoms with Gasteiger partial charge in [0.05, 0.1) is 10.5 Å². The third kappa shape index (κ3) is 6.38. The molecule has 1 aromatic rings. The fourth-order valence-corrected chi connectivity index (χ4v) is 1.57. The Morgan fingerprint density at radius 2 is 1.95 bits per heavy atom. The number of ether oxygens (including phenoxy) is 1. The average molecular weight is 310 g/mol. The topological polar surface area (TPSA) is 106 Å². The minimum atomic E-state index is -0.554. The maximum Gasteiger partial charge on any atom is 0.407 e. The third-order valence-electron chi connectivity index (χ3n) is 2.50. The molecule has 0 spiro atoms. The number of amides is 1. The van der Waals surface area contributed by atoms with Crippen LogP contribution in [-0.2, 0) is 4.74 Å². The van der Waals surface area contributed by atoms with Crippen LogP contribution in [0, 0.1) is 10.1 Å². The monoisotopic (exact) mass is 310 g/mol. The maximum absolute atomic E-state index is 11.6. The Balaban J connectivity index is 2.56. The Morgan fingerprint density at radius 3 is 2.41 bits per heavy atom. The lowest BCUT2D eigenvalue weighted by atomic mass is 10.1. The molecule has 0 unspecified atom stereocenters. The van der Waals surface area contributed by atoms with E-state index in [-0.39, 0.29) is 5.69 Å². The molecule has 2 N–H and O–H groups in total. The minimum absolute atomic E-state index is 0.0739. The van der Waals surface area contributed by atoms with E-state index in [1.165, 1.54) is 18.3 Å². The van der Waals surface area contributed by atoms with Gasteiger partial charge in [-0.25, -0.2) is 9.78 Å². The van der Waals surface area contributed by atoms with E-state index in [9.17, 15) is 14.9 Å². The van der Waals surface area contributed by atoms with Gasteiger partial charge < -0.3 is 15.4 Å². The number of alkyl carbamates (subject to hydrolysis) is 1. The van der Waals surface area contributed by atoms with E-state index in [1.807, 2.05) is 13.8 Å². The van der Waals surface area contributed by atoms with Crippen molar-refractivity contribution in [3.8, 4) is 0 Å². The number of carbonyl (C=O) groups excluding carboxylic acids is 1. The molecular formula is C14H22N4O4. The second kappa shape index (κ2) is 6.59. The molecule has 1 aromatic heterocycles. The van der Waals surface area contributed by atoms with E-state index < -0.39 is 22.2 Å². The number of carbonyl (C=O) groups is 1. The summed E-state index contributed by atoms with van der Waals surface area (Å²) in [6, 6.07) is 2.89. The van der Waals surface area contributed by atoms with Crippen molar-refractivity contribution in [1.82, 2.24) is 10.3 Å². The highest BCUT2D eigenvalue weighted by molar-refractivity contribution is 5.67. The summed E-state index contributed by atoms with van der Waals surface area (Å²) in [5.41, 5.74) is -1.13. The first-order chi connectivity index (χ1) is 9.98. The maximum atomic E-state index is 11.6. The van der Waals surface area contributed by atoms with Gasteiger partial charge in [0, 0.05) is 12.6 Å². The van der Waals surface area contributed by atoms with Gasteiger partial charge in [0.2, 0.25) is 0 Å². The molecule has 122 valence electrons. The highest BCUT2D eigenvalue weighted by atomic mass is 16.6. The highest BCUT2D eigenvalue weighted by Crippen LogP contribution is 2.16. The molecule has 0 aliphatic rings. The zero-order valence-electron chi connectivity index (χ0n) is 13.5. The molecule has 0 aliphatic carbocycles. The lowest BCUT2D eigenvalue weighted by Crippen LogP contribution is -2.45. The normalized spacial score (nSPS) is 11.7. The highest BCUT2D eigenvalue weighted by Gasteiger charge is 2.22. The summed E-state index contributed by atoms with van der Waals surface area (Å²) >= 11 is 0. The van der Waals surface area contributed by atoms with Crippen LogP contribution in [0.15, 0.2) is 18.3 Å². The van der Waals surface area contributed by atoms with Crippen LogP contribution in [0.5, 0.6) is 0 Å². The van der Waals surface area contributed by atoms with Crippen LogP contribution in [0.2, 0.25) is 0 Å². The van der Waals surface area contributed by atoms with Gasteiger partial charge in [0.1, 0.15) is 17.6 Å². The first-order valence-corrected chi connectivity index (χ1v) is 6.84. The summed E-state index contributed by atoms with van der Waals surface area (Å²) in [5.74, 6) is 0.488. The summed E-state index contributed by atoms with van der Waals surface area (Å²) < 4.78 is 5.16. The van der Waals surface area contributed by atoms with E-state index >= 15 is 0 Å². The van der Waals surface area contributed by atoms with Crippen LogP contribution in [0.4, 0.5) is 16.3 Å². The van der Waals surface area contributed by atoms with Crippen LogP contribution in [-0.4, -0.2) is 33.7 Å². The molecule has 0 radical (unpaired) electrons. The molecular weight excluding hydrogens is 288 g/mol. The van der Waals surface area contributed by atoms with Gasteiger partial charge in [-0.05, 0) is 40.7 Å². The molecule has 1 amide bonds. The number of rotatable bonds is 5. The van der Waals surface area contributed by atoms with Crippen LogP contribution in [0.1, 0.15) is 34.6 Å². The van der Waals surface area contributed by atoms with Crippen molar-refractivity contribution < 1.29 is 14.5 Å². The molecule has 0 atom stereocenters. The zero-order valence-corrected chi connectivity index (χ0v) is 13.5. The van der Waals surface area contributed by atoms with Crippen LogP contribution in [0.25, 0.3) is 0 Å². The Bertz CT molecular complexity index is 535. The summed E-state index contributed by atoms with van der Waals surface area (Å²) in [4.78, 5) is 25.7. The Labute approximate surface area is 129 Å². The first-order valence-electron chi connectivity index (χ1n) is 6.84. The second-order valence-corrected chi connectivity index (χ2v) is 6.52. The molecule has 0 saturated carbocycles. The number of nitrogens with one attached hydrogen (secondary N) is 2. The Hall–Kier alpha value is -2.38. The quantitative estimate of drug-likeness (QED) is 0.639. The largest absolute Gasteiger partial charge is 0.444 e. The third-order valence-corrected chi connectivity index (χ3v) is 2.50. The molecule has 8 heteroatoms. The fraction of sp³-hybridized carbons (Fsp3) is 0.571. The van der Waals surface area contributed by atoms with Gasteiger partial charge in [-0.3, -0.25) is 10.1 Å². The van der Waals surface area contributed by atoms with Crippen molar-refractivity contribution in [2.45, 2.75) is 45.8 Å². The zero-order chi connectivity index (χ0) is 17.0. The van der Waals surface area contributed by atoms with Crippen molar-refractivity contribution in [1.29, 1.82) is 0 Å². The molecule has 1 heterocycles. The van der Waals surface area contributed by atoms with Gasteiger partial charge in [-0.15, -0.1) is 0 Å². The van der Waals surface area contributed by atoms with E-state index in [0.29, 0.717) is 12.4 Å². The number of aromatic nitrogens is 1. The number of anilines is 1. The second-order valence-electron chi connectivity index (χ2n) is 6.52. The summed E-state index contributed by atoms with van der Waals surface area (Å²) in [6.45, 7) is 9.41. The molecule has 22 heavy (non-hydrogen) atoms. The van der Waals surface area contributed by atoms with Crippen LogP contribution < -0.4 is 10.6 Å². The van der Waals surface area contributed by atoms with Gasteiger partial charge in [-0.2, -0.15) is 0 Å². The van der Waals surface area contributed by atoms with Crippen molar-refractivity contribution in [3.63, 3.8) is 0 Å². The minimum Gasteiger partial charge on any atom is -0.444 e. The number of nitro groups is 1. The van der Waals surface area contributed by atoms with E-state index in [4.69, 9.17) is 4.74 Å².